The van der Waals surface area contributed by atoms with Crippen LogP contribution in [0.4, 0.5) is 5.69 Å². The Labute approximate surface area is 129 Å². The van der Waals surface area contributed by atoms with Crippen LogP contribution >= 0.6 is 0 Å². The maximum atomic E-state index is 11.9. The van der Waals surface area contributed by atoms with E-state index in [2.05, 4.69) is 0 Å². The number of ether oxygens (including phenoxy) is 3. The second-order valence-corrected chi connectivity index (χ2v) is 4.89. The molecule has 0 spiro atoms. The molecule has 1 rings (SSSR count). The summed E-state index contributed by atoms with van der Waals surface area (Å²) < 4.78 is 15.5. The van der Waals surface area contributed by atoms with Crippen molar-refractivity contribution in [3.8, 4) is 5.75 Å². The minimum atomic E-state index is -0.798. The van der Waals surface area contributed by atoms with Gasteiger partial charge >= 0.3 is 11.7 Å². The lowest BCUT2D eigenvalue weighted by Gasteiger charge is -2.19. The first kappa shape index (κ1) is 17.9. The molecule has 7 nitrogen and oxygen atoms in total. The summed E-state index contributed by atoms with van der Waals surface area (Å²) in [5, 5.41) is 11.0. The van der Waals surface area contributed by atoms with Crippen LogP contribution < -0.4 is 4.74 Å². The van der Waals surface area contributed by atoms with Gasteiger partial charge in [-0.1, -0.05) is 6.07 Å². The normalized spacial score (nSPS) is 12.0. The number of methoxy groups -OCH3 is 1. The fourth-order valence-corrected chi connectivity index (χ4v) is 1.97. The van der Waals surface area contributed by atoms with E-state index in [0.717, 1.165) is 0 Å². The lowest BCUT2D eigenvalue weighted by molar-refractivity contribution is -0.385. The summed E-state index contributed by atoms with van der Waals surface area (Å²) in [6, 6.07) is 4.56. The molecule has 7 heteroatoms. The van der Waals surface area contributed by atoms with Gasteiger partial charge in [0.1, 0.15) is 0 Å². The first-order chi connectivity index (χ1) is 10.4. The third kappa shape index (κ3) is 5.00. The third-order valence-corrected chi connectivity index (χ3v) is 2.85. The number of carbonyl (C=O) groups excluding carboxylic acids is 1. The molecule has 1 aromatic carbocycles. The molecule has 122 valence electrons. The van der Waals surface area contributed by atoms with E-state index in [4.69, 9.17) is 14.2 Å². The van der Waals surface area contributed by atoms with Gasteiger partial charge in [-0.25, -0.2) is 4.79 Å². The summed E-state index contributed by atoms with van der Waals surface area (Å²) in [5.41, 5.74) is 0.457. The Bertz CT molecular complexity index is 529. The zero-order chi connectivity index (χ0) is 16.7. The summed E-state index contributed by atoms with van der Waals surface area (Å²) in [5.74, 6) is -0.305. The van der Waals surface area contributed by atoms with Crippen LogP contribution in [-0.4, -0.2) is 36.8 Å². The SMILES string of the molecule is CCOC(=O)C(Cc1ccc(OC)c([N+](=O)[O-])c1)OC(C)C. The minimum Gasteiger partial charge on any atom is -0.490 e. The van der Waals surface area contributed by atoms with Crippen molar-refractivity contribution in [3.05, 3.63) is 33.9 Å². The zero-order valence-corrected chi connectivity index (χ0v) is 13.2. The molecule has 0 N–H and O–H groups in total. The molecule has 0 aliphatic heterocycles. The van der Waals surface area contributed by atoms with Crippen LogP contribution in [0.1, 0.15) is 26.3 Å². The van der Waals surface area contributed by atoms with Crippen LogP contribution in [0.5, 0.6) is 5.75 Å². The van der Waals surface area contributed by atoms with E-state index in [1.165, 1.54) is 19.2 Å². The smallest absolute Gasteiger partial charge is 0.335 e. The van der Waals surface area contributed by atoms with Crippen LogP contribution in [0.3, 0.4) is 0 Å². The highest BCUT2D eigenvalue weighted by molar-refractivity contribution is 5.75. The number of nitro benzene ring substituents is 1. The second kappa shape index (κ2) is 8.33. The number of nitrogens with zero attached hydrogens (tertiary/aromatic N) is 1. The molecule has 0 fully saturated rings. The van der Waals surface area contributed by atoms with E-state index in [1.54, 1.807) is 13.0 Å². The molecular weight excluding hydrogens is 290 g/mol. The molecule has 0 bridgehead atoms. The number of benzene rings is 1. The number of carbonyl (C=O) groups is 1. The molecular formula is C15H21NO6. The van der Waals surface area contributed by atoms with Gasteiger partial charge in [-0.2, -0.15) is 0 Å². The van der Waals surface area contributed by atoms with Gasteiger partial charge < -0.3 is 14.2 Å². The van der Waals surface area contributed by atoms with E-state index >= 15 is 0 Å². The van der Waals surface area contributed by atoms with Gasteiger partial charge in [-0.15, -0.1) is 0 Å². The van der Waals surface area contributed by atoms with E-state index in [0.29, 0.717) is 5.56 Å². The van der Waals surface area contributed by atoms with Gasteiger partial charge in [0.25, 0.3) is 0 Å². The van der Waals surface area contributed by atoms with Crippen LogP contribution in [0, 0.1) is 10.1 Å². The van der Waals surface area contributed by atoms with Gasteiger partial charge in [0.2, 0.25) is 0 Å². The van der Waals surface area contributed by atoms with Crippen molar-refractivity contribution in [3.63, 3.8) is 0 Å². The number of rotatable bonds is 8. The first-order valence-corrected chi connectivity index (χ1v) is 7.02. The zero-order valence-electron chi connectivity index (χ0n) is 13.2. The Balaban J connectivity index is 2.99. The van der Waals surface area contributed by atoms with Gasteiger partial charge in [-0.3, -0.25) is 10.1 Å². The second-order valence-electron chi connectivity index (χ2n) is 4.89. The third-order valence-electron chi connectivity index (χ3n) is 2.85. The number of hydrogen-bond donors (Lipinski definition) is 0. The Morgan fingerprint density at radius 2 is 2.05 bits per heavy atom. The summed E-state index contributed by atoms with van der Waals surface area (Å²) in [6.07, 6.45) is -0.766. The molecule has 22 heavy (non-hydrogen) atoms. The largest absolute Gasteiger partial charge is 0.490 e. The highest BCUT2D eigenvalue weighted by atomic mass is 16.6. The van der Waals surface area contributed by atoms with Crippen molar-refractivity contribution >= 4 is 11.7 Å². The predicted molar refractivity (Wildman–Crippen MR) is 80.0 cm³/mol. The van der Waals surface area contributed by atoms with E-state index in [9.17, 15) is 14.9 Å². The molecule has 0 radical (unpaired) electrons. The molecule has 0 saturated carbocycles. The Morgan fingerprint density at radius 1 is 1.36 bits per heavy atom. The molecule has 1 atom stereocenters. The Kier molecular flexibility index (Phi) is 6.78. The monoisotopic (exact) mass is 311 g/mol. The van der Waals surface area contributed by atoms with Crippen LogP contribution in [0.2, 0.25) is 0 Å². The van der Waals surface area contributed by atoms with Crippen molar-refractivity contribution in [2.24, 2.45) is 0 Å². The Hall–Kier alpha value is -2.15. The fraction of sp³-hybridized carbons (Fsp3) is 0.533. The Morgan fingerprint density at radius 3 is 2.55 bits per heavy atom. The standard InChI is InChI=1S/C15H21NO6/c1-5-21-15(17)14(22-10(2)3)9-11-6-7-13(20-4)12(8-11)16(18)19/h6-8,10,14H,5,9H2,1-4H3. The molecule has 0 saturated heterocycles. The molecule has 1 aromatic rings. The van der Waals surface area contributed by atoms with Crippen molar-refractivity contribution in [1.82, 2.24) is 0 Å². The molecule has 1 unspecified atom stereocenters. The fourth-order valence-electron chi connectivity index (χ4n) is 1.97. The quantitative estimate of drug-likeness (QED) is 0.416. The van der Waals surface area contributed by atoms with Crippen molar-refractivity contribution < 1.29 is 23.9 Å². The maximum absolute atomic E-state index is 11.9. The summed E-state index contributed by atoms with van der Waals surface area (Å²) in [6.45, 7) is 5.58. The number of esters is 1. The predicted octanol–water partition coefficient (Wildman–Crippen LogP) is 2.50. The van der Waals surface area contributed by atoms with Crippen LogP contribution in [0.25, 0.3) is 0 Å². The molecule has 0 heterocycles. The van der Waals surface area contributed by atoms with Gasteiger partial charge in [0.05, 0.1) is 24.7 Å². The van der Waals surface area contributed by atoms with Crippen molar-refractivity contribution in [2.45, 2.75) is 39.4 Å². The summed E-state index contributed by atoms with van der Waals surface area (Å²) in [7, 11) is 1.37. The van der Waals surface area contributed by atoms with Crippen molar-refractivity contribution in [2.75, 3.05) is 13.7 Å². The van der Waals surface area contributed by atoms with Gasteiger partial charge in [0.15, 0.2) is 11.9 Å². The highest BCUT2D eigenvalue weighted by Crippen LogP contribution is 2.28. The van der Waals surface area contributed by atoms with Crippen LogP contribution in [-0.2, 0) is 20.7 Å². The van der Waals surface area contributed by atoms with Gasteiger partial charge in [0, 0.05) is 12.5 Å². The number of nitro groups is 1. The molecule has 0 aliphatic rings. The molecule has 0 aromatic heterocycles. The molecule has 0 aliphatic carbocycles. The van der Waals surface area contributed by atoms with Crippen molar-refractivity contribution in [1.29, 1.82) is 0 Å². The van der Waals surface area contributed by atoms with E-state index in [-0.39, 0.29) is 30.6 Å². The van der Waals surface area contributed by atoms with E-state index < -0.39 is 17.0 Å². The number of hydrogen-bond acceptors (Lipinski definition) is 6. The topological polar surface area (TPSA) is 87.9 Å². The summed E-state index contributed by atoms with van der Waals surface area (Å²) in [4.78, 5) is 22.4. The lowest BCUT2D eigenvalue weighted by atomic mass is 10.1. The van der Waals surface area contributed by atoms with E-state index in [1.807, 2.05) is 13.8 Å². The maximum Gasteiger partial charge on any atom is 0.335 e. The van der Waals surface area contributed by atoms with Gasteiger partial charge in [-0.05, 0) is 32.4 Å². The van der Waals surface area contributed by atoms with Crippen LogP contribution in [0.15, 0.2) is 18.2 Å². The first-order valence-electron chi connectivity index (χ1n) is 7.02. The summed E-state index contributed by atoms with van der Waals surface area (Å²) >= 11 is 0. The lowest BCUT2D eigenvalue weighted by Crippen LogP contribution is -2.31. The highest BCUT2D eigenvalue weighted by Gasteiger charge is 2.24. The average molecular weight is 311 g/mol. The average Bonchev–Trinajstić information content (AvgIpc) is 2.46. The molecule has 0 amide bonds. The minimum absolute atomic E-state index is 0.146.